The average molecular weight is 377 g/mol. The second kappa shape index (κ2) is 6.82. The van der Waals surface area contributed by atoms with Crippen molar-refractivity contribution >= 4 is 17.3 Å². The molecule has 4 nitrogen and oxygen atoms in total. The number of aromatic nitrogens is 2. The van der Waals surface area contributed by atoms with Gasteiger partial charge in [-0.2, -0.15) is 0 Å². The maximum absolute atomic E-state index is 5.60. The standard InChI is InChI=1S/C22H24N4S/c1-14-15(2)26(17-10-6-5-7-11-17)16(3)19(14)21-20(24-22(27)25(21)4)18-12-8-9-13-23-18/h5-13,20-21H,1-4H3,(H,24,27)/t20-,21+/m1/s1. The molecule has 1 saturated heterocycles. The van der Waals surface area contributed by atoms with Crippen LogP contribution in [-0.4, -0.2) is 26.6 Å². The van der Waals surface area contributed by atoms with E-state index in [4.69, 9.17) is 12.2 Å². The quantitative estimate of drug-likeness (QED) is 0.687. The zero-order chi connectivity index (χ0) is 19.1. The number of hydrogen-bond acceptors (Lipinski definition) is 2. The molecule has 0 spiro atoms. The van der Waals surface area contributed by atoms with E-state index in [1.165, 1.54) is 28.2 Å². The molecule has 138 valence electrons. The molecule has 4 rings (SSSR count). The molecule has 0 bridgehead atoms. The first-order chi connectivity index (χ1) is 13.0. The van der Waals surface area contributed by atoms with Crippen LogP contribution in [0, 0.1) is 20.8 Å². The van der Waals surface area contributed by atoms with E-state index >= 15 is 0 Å². The first-order valence-electron chi connectivity index (χ1n) is 9.18. The van der Waals surface area contributed by atoms with E-state index in [0.717, 1.165) is 10.8 Å². The van der Waals surface area contributed by atoms with E-state index in [-0.39, 0.29) is 12.1 Å². The van der Waals surface area contributed by atoms with Gasteiger partial charge in [0.25, 0.3) is 0 Å². The summed E-state index contributed by atoms with van der Waals surface area (Å²) < 4.78 is 2.34. The van der Waals surface area contributed by atoms with Crippen LogP contribution in [0.5, 0.6) is 0 Å². The van der Waals surface area contributed by atoms with Gasteiger partial charge in [-0.25, -0.2) is 0 Å². The maximum atomic E-state index is 5.60. The van der Waals surface area contributed by atoms with Crippen molar-refractivity contribution in [3.8, 4) is 5.69 Å². The van der Waals surface area contributed by atoms with Gasteiger partial charge in [-0.1, -0.05) is 24.3 Å². The molecule has 1 aliphatic heterocycles. The highest BCUT2D eigenvalue weighted by atomic mass is 32.1. The van der Waals surface area contributed by atoms with Gasteiger partial charge in [0.2, 0.25) is 0 Å². The third-order valence-electron chi connectivity index (χ3n) is 5.66. The minimum Gasteiger partial charge on any atom is -0.352 e. The number of pyridine rings is 1. The van der Waals surface area contributed by atoms with Crippen molar-refractivity contribution in [3.63, 3.8) is 0 Å². The van der Waals surface area contributed by atoms with Crippen molar-refractivity contribution in [2.45, 2.75) is 32.9 Å². The number of likely N-dealkylation sites (N-methyl/N-ethyl adjacent to an activating group) is 1. The molecule has 0 aliphatic carbocycles. The highest BCUT2D eigenvalue weighted by molar-refractivity contribution is 7.80. The Labute approximate surface area is 165 Å². The predicted molar refractivity (Wildman–Crippen MR) is 113 cm³/mol. The minimum atomic E-state index is 0.0344. The van der Waals surface area contributed by atoms with Crippen LogP contribution in [0.4, 0.5) is 0 Å². The molecule has 1 aromatic carbocycles. The Morgan fingerprint density at radius 3 is 2.33 bits per heavy atom. The monoisotopic (exact) mass is 376 g/mol. The normalized spacial score (nSPS) is 19.4. The molecule has 3 aromatic rings. The van der Waals surface area contributed by atoms with Crippen LogP contribution in [-0.2, 0) is 0 Å². The second-order valence-corrected chi connectivity index (χ2v) is 7.50. The lowest BCUT2D eigenvalue weighted by atomic mass is 9.94. The summed E-state index contributed by atoms with van der Waals surface area (Å²) in [4.78, 5) is 6.76. The van der Waals surface area contributed by atoms with Crippen molar-refractivity contribution in [2.24, 2.45) is 0 Å². The Hall–Kier alpha value is -2.66. The van der Waals surface area contributed by atoms with Gasteiger partial charge in [0.1, 0.15) is 0 Å². The largest absolute Gasteiger partial charge is 0.352 e. The van der Waals surface area contributed by atoms with Gasteiger partial charge in [0.15, 0.2) is 5.11 Å². The molecular formula is C22H24N4S. The summed E-state index contributed by atoms with van der Waals surface area (Å²) in [7, 11) is 2.07. The molecule has 2 atom stereocenters. The molecule has 2 aromatic heterocycles. The lowest BCUT2D eigenvalue weighted by Gasteiger charge is -2.25. The molecule has 3 heterocycles. The predicted octanol–water partition coefficient (Wildman–Crippen LogP) is 4.40. The lowest BCUT2D eigenvalue weighted by Crippen LogP contribution is -2.25. The Bertz CT molecular complexity index is 979. The summed E-state index contributed by atoms with van der Waals surface area (Å²) in [5.41, 5.74) is 7.34. The number of para-hydroxylation sites is 1. The fraction of sp³-hybridized carbons (Fsp3) is 0.273. The second-order valence-electron chi connectivity index (χ2n) is 7.12. The van der Waals surface area contributed by atoms with E-state index in [2.05, 4.69) is 84.0 Å². The molecule has 1 aliphatic rings. The Balaban J connectivity index is 1.88. The van der Waals surface area contributed by atoms with Gasteiger partial charge in [0, 0.05) is 35.9 Å². The Kier molecular flexibility index (Phi) is 4.48. The highest BCUT2D eigenvalue weighted by Gasteiger charge is 2.40. The number of nitrogens with one attached hydrogen (secondary N) is 1. The molecule has 0 radical (unpaired) electrons. The van der Waals surface area contributed by atoms with Crippen LogP contribution in [0.1, 0.15) is 40.3 Å². The highest BCUT2D eigenvalue weighted by Crippen LogP contribution is 2.42. The third-order valence-corrected chi connectivity index (χ3v) is 6.06. The van der Waals surface area contributed by atoms with E-state index in [9.17, 15) is 0 Å². The summed E-state index contributed by atoms with van der Waals surface area (Å²) >= 11 is 5.60. The molecule has 0 amide bonds. The number of thiocarbonyl (C=S) groups is 1. The zero-order valence-corrected chi connectivity index (χ0v) is 16.9. The summed E-state index contributed by atoms with van der Waals surface area (Å²) in [5, 5.41) is 4.24. The van der Waals surface area contributed by atoms with Crippen LogP contribution < -0.4 is 5.32 Å². The summed E-state index contributed by atoms with van der Waals surface area (Å²) in [6.07, 6.45) is 1.84. The van der Waals surface area contributed by atoms with Crippen molar-refractivity contribution in [1.29, 1.82) is 0 Å². The molecule has 0 unspecified atom stereocenters. The van der Waals surface area contributed by atoms with Gasteiger partial charge < -0.3 is 14.8 Å². The van der Waals surface area contributed by atoms with Crippen LogP contribution in [0.2, 0.25) is 0 Å². The van der Waals surface area contributed by atoms with Gasteiger partial charge >= 0.3 is 0 Å². The molecule has 5 heteroatoms. The van der Waals surface area contributed by atoms with Crippen molar-refractivity contribution < 1.29 is 0 Å². The van der Waals surface area contributed by atoms with Crippen LogP contribution in [0.15, 0.2) is 54.7 Å². The number of benzene rings is 1. The molecule has 1 N–H and O–H groups in total. The zero-order valence-electron chi connectivity index (χ0n) is 16.1. The number of nitrogens with zero attached hydrogens (tertiary/aromatic N) is 3. The molecule has 1 fully saturated rings. The average Bonchev–Trinajstić information content (AvgIpc) is 3.10. The van der Waals surface area contributed by atoms with Crippen LogP contribution in [0.3, 0.4) is 0 Å². The van der Waals surface area contributed by atoms with E-state index in [0.29, 0.717) is 0 Å². The first-order valence-corrected chi connectivity index (χ1v) is 9.59. The molecular weight excluding hydrogens is 352 g/mol. The Morgan fingerprint density at radius 1 is 0.963 bits per heavy atom. The van der Waals surface area contributed by atoms with Crippen molar-refractivity contribution in [1.82, 2.24) is 19.8 Å². The van der Waals surface area contributed by atoms with Gasteiger partial charge in [-0.05, 0) is 62.8 Å². The molecule has 27 heavy (non-hydrogen) atoms. The van der Waals surface area contributed by atoms with E-state index in [1.54, 1.807) is 0 Å². The van der Waals surface area contributed by atoms with Gasteiger partial charge in [-0.15, -0.1) is 0 Å². The fourth-order valence-electron chi connectivity index (χ4n) is 4.23. The SMILES string of the molecule is Cc1c([C@H]2[C@@H](c3ccccn3)NC(=S)N2C)c(C)n(-c2ccccc2)c1C. The van der Waals surface area contributed by atoms with E-state index in [1.807, 2.05) is 18.3 Å². The minimum absolute atomic E-state index is 0.0344. The summed E-state index contributed by atoms with van der Waals surface area (Å²) in [6.45, 7) is 6.60. The fourth-order valence-corrected chi connectivity index (χ4v) is 4.47. The lowest BCUT2D eigenvalue weighted by molar-refractivity contribution is 0.366. The molecule has 0 saturated carbocycles. The smallest absolute Gasteiger partial charge is 0.169 e. The van der Waals surface area contributed by atoms with Gasteiger partial charge in [-0.3, -0.25) is 4.98 Å². The van der Waals surface area contributed by atoms with Crippen molar-refractivity contribution in [3.05, 3.63) is 82.9 Å². The van der Waals surface area contributed by atoms with Gasteiger partial charge in [0.05, 0.1) is 17.8 Å². The van der Waals surface area contributed by atoms with Crippen LogP contribution in [0.25, 0.3) is 5.69 Å². The van der Waals surface area contributed by atoms with Crippen LogP contribution >= 0.6 is 12.2 Å². The van der Waals surface area contributed by atoms with Crippen molar-refractivity contribution in [2.75, 3.05) is 7.05 Å². The maximum Gasteiger partial charge on any atom is 0.169 e. The number of hydrogen-bond donors (Lipinski definition) is 1. The summed E-state index contributed by atoms with van der Waals surface area (Å²) in [5.74, 6) is 0. The first kappa shape index (κ1) is 17.7. The third kappa shape index (κ3) is 2.82. The summed E-state index contributed by atoms with van der Waals surface area (Å²) in [6, 6.07) is 16.7. The Morgan fingerprint density at radius 2 is 1.67 bits per heavy atom. The number of rotatable bonds is 3. The van der Waals surface area contributed by atoms with E-state index < -0.39 is 0 Å². The topological polar surface area (TPSA) is 33.1 Å².